The second-order valence-corrected chi connectivity index (χ2v) is 6.27. The van der Waals surface area contributed by atoms with Crippen LogP contribution in [0.1, 0.15) is 34.3 Å². The van der Waals surface area contributed by atoms with Crippen molar-refractivity contribution in [2.24, 2.45) is 5.92 Å². The minimum absolute atomic E-state index is 0.0836. The Morgan fingerprint density at radius 2 is 1.43 bits per heavy atom. The lowest BCUT2D eigenvalue weighted by Gasteiger charge is -2.35. The van der Waals surface area contributed by atoms with Crippen LogP contribution in [0.2, 0.25) is 0 Å². The fourth-order valence-corrected chi connectivity index (χ4v) is 3.00. The average Bonchev–Trinajstić information content (AvgIpc) is 3.29. The number of hydrogen-bond donors (Lipinski definition) is 0. The first-order valence-electron chi connectivity index (χ1n) is 7.71. The monoisotopic (exact) mass is 286 g/mol. The van der Waals surface area contributed by atoms with Gasteiger partial charge in [-0.3, -0.25) is 9.59 Å². The second kappa shape index (κ2) is 5.51. The molecule has 2 fully saturated rings. The standard InChI is InChI=1S/C17H22N2O2/c1-12-9-13(2)11-15(10-12)17(21)19-7-5-18(6-8-19)16(20)14-3-4-14/h9-11,14H,3-8H2,1-2H3. The van der Waals surface area contributed by atoms with Gasteiger partial charge in [-0.25, -0.2) is 0 Å². The molecule has 1 aromatic rings. The molecular weight excluding hydrogens is 264 g/mol. The summed E-state index contributed by atoms with van der Waals surface area (Å²) in [6, 6.07) is 5.96. The van der Waals surface area contributed by atoms with Crippen molar-refractivity contribution in [3.05, 3.63) is 34.9 Å². The van der Waals surface area contributed by atoms with Crippen LogP contribution in [0.15, 0.2) is 18.2 Å². The number of carbonyl (C=O) groups excluding carboxylic acids is 2. The summed E-state index contributed by atoms with van der Waals surface area (Å²) < 4.78 is 0. The largest absolute Gasteiger partial charge is 0.339 e. The Balaban J connectivity index is 1.63. The van der Waals surface area contributed by atoms with Crippen LogP contribution in [0, 0.1) is 19.8 Å². The highest BCUT2D eigenvalue weighted by atomic mass is 16.2. The Morgan fingerprint density at radius 3 is 1.95 bits per heavy atom. The Hall–Kier alpha value is -1.84. The van der Waals surface area contributed by atoms with Gasteiger partial charge in [-0.15, -0.1) is 0 Å². The van der Waals surface area contributed by atoms with Gasteiger partial charge >= 0.3 is 0 Å². The minimum atomic E-state index is 0.0836. The Labute approximate surface area is 125 Å². The molecule has 1 aliphatic carbocycles. The maximum absolute atomic E-state index is 12.5. The van der Waals surface area contributed by atoms with E-state index >= 15 is 0 Å². The zero-order chi connectivity index (χ0) is 15.0. The maximum atomic E-state index is 12.5. The zero-order valence-corrected chi connectivity index (χ0v) is 12.8. The van der Waals surface area contributed by atoms with Crippen LogP contribution in [0.25, 0.3) is 0 Å². The number of piperazine rings is 1. The summed E-state index contributed by atoms with van der Waals surface area (Å²) in [5.41, 5.74) is 2.98. The summed E-state index contributed by atoms with van der Waals surface area (Å²) in [4.78, 5) is 28.4. The van der Waals surface area contributed by atoms with Crippen LogP contribution in [0.3, 0.4) is 0 Å². The molecule has 1 saturated carbocycles. The number of amides is 2. The summed E-state index contributed by atoms with van der Waals surface area (Å²) >= 11 is 0. The summed E-state index contributed by atoms with van der Waals surface area (Å²) in [6.07, 6.45) is 2.08. The first-order valence-corrected chi connectivity index (χ1v) is 7.71. The van der Waals surface area contributed by atoms with Gasteiger partial charge < -0.3 is 9.80 Å². The Morgan fingerprint density at radius 1 is 0.905 bits per heavy atom. The predicted molar refractivity (Wildman–Crippen MR) is 81.1 cm³/mol. The molecule has 1 saturated heterocycles. The summed E-state index contributed by atoms with van der Waals surface area (Å²) in [5, 5.41) is 0. The van der Waals surface area contributed by atoms with E-state index in [4.69, 9.17) is 0 Å². The van der Waals surface area contributed by atoms with Crippen molar-refractivity contribution >= 4 is 11.8 Å². The molecule has 4 nitrogen and oxygen atoms in total. The maximum Gasteiger partial charge on any atom is 0.253 e. The zero-order valence-electron chi connectivity index (χ0n) is 12.8. The lowest BCUT2D eigenvalue weighted by Crippen LogP contribution is -2.51. The van der Waals surface area contributed by atoms with Gasteiger partial charge in [0.1, 0.15) is 0 Å². The number of rotatable bonds is 2. The van der Waals surface area contributed by atoms with E-state index in [1.54, 1.807) is 0 Å². The third kappa shape index (κ3) is 3.09. The van der Waals surface area contributed by atoms with E-state index in [0.717, 1.165) is 29.5 Å². The van der Waals surface area contributed by atoms with Crippen LogP contribution in [-0.2, 0) is 4.79 Å². The molecule has 2 aliphatic rings. The van der Waals surface area contributed by atoms with E-state index < -0.39 is 0 Å². The number of hydrogen-bond acceptors (Lipinski definition) is 2. The normalized spacial score (nSPS) is 18.8. The van der Waals surface area contributed by atoms with Crippen LogP contribution in [0.5, 0.6) is 0 Å². The molecule has 0 aromatic heterocycles. The number of nitrogens with zero attached hydrogens (tertiary/aromatic N) is 2. The fraction of sp³-hybridized carbons (Fsp3) is 0.529. The Kier molecular flexibility index (Phi) is 3.70. The highest BCUT2D eigenvalue weighted by Crippen LogP contribution is 2.31. The van der Waals surface area contributed by atoms with Gasteiger partial charge in [0.05, 0.1) is 0 Å². The van der Waals surface area contributed by atoms with Crippen molar-refractivity contribution in [1.82, 2.24) is 9.80 Å². The molecule has 112 valence electrons. The highest BCUT2D eigenvalue weighted by molar-refractivity contribution is 5.94. The summed E-state index contributed by atoms with van der Waals surface area (Å²) in [5.74, 6) is 0.639. The van der Waals surface area contributed by atoms with Gasteiger partial charge in [0, 0.05) is 37.7 Å². The van der Waals surface area contributed by atoms with Crippen molar-refractivity contribution in [2.75, 3.05) is 26.2 Å². The quantitative estimate of drug-likeness (QED) is 0.834. The van der Waals surface area contributed by atoms with Crippen molar-refractivity contribution in [2.45, 2.75) is 26.7 Å². The van der Waals surface area contributed by atoms with Crippen molar-refractivity contribution in [3.8, 4) is 0 Å². The molecule has 2 amide bonds. The first-order chi connectivity index (χ1) is 10.0. The van der Waals surface area contributed by atoms with E-state index in [-0.39, 0.29) is 17.7 Å². The molecule has 21 heavy (non-hydrogen) atoms. The van der Waals surface area contributed by atoms with E-state index in [0.29, 0.717) is 26.2 Å². The van der Waals surface area contributed by atoms with Crippen LogP contribution >= 0.6 is 0 Å². The van der Waals surface area contributed by atoms with Gasteiger partial charge in [-0.05, 0) is 38.8 Å². The lowest BCUT2D eigenvalue weighted by atomic mass is 10.1. The lowest BCUT2D eigenvalue weighted by molar-refractivity contribution is -0.134. The highest BCUT2D eigenvalue weighted by Gasteiger charge is 2.35. The van der Waals surface area contributed by atoms with Gasteiger partial charge in [0.15, 0.2) is 0 Å². The number of aryl methyl sites for hydroxylation is 2. The van der Waals surface area contributed by atoms with Crippen LogP contribution in [-0.4, -0.2) is 47.8 Å². The molecule has 1 heterocycles. The third-order valence-corrected chi connectivity index (χ3v) is 4.27. The van der Waals surface area contributed by atoms with E-state index in [2.05, 4.69) is 6.07 Å². The molecule has 0 spiro atoms. The topological polar surface area (TPSA) is 40.6 Å². The molecule has 0 bridgehead atoms. The molecular formula is C17H22N2O2. The smallest absolute Gasteiger partial charge is 0.253 e. The van der Waals surface area contributed by atoms with Crippen LogP contribution in [0.4, 0.5) is 0 Å². The van der Waals surface area contributed by atoms with E-state index in [9.17, 15) is 9.59 Å². The molecule has 0 radical (unpaired) electrons. The second-order valence-electron chi connectivity index (χ2n) is 6.27. The third-order valence-electron chi connectivity index (χ3n) is 4.27. The van der Waals surface area contributed by atoms with E-state index in [1.165, 1.54) is 0 Å². The molecule has 1 aromatic carbocycles. The fourth-order valence-electron chi connectivity index (χ4n) is 3.00. The summed E-state index contributed by atoms with van der Waals surface area (Å²) in [7, 11) is 0. The molecule has 0 unspecified atom stereocenters. The Bertz CT molecular complexity index is 550. The van der Waals surface area contributed by atoms with Gasteiger partial charge in [-0.2, -0.15) is 0 Å². The van der Waals surface area contributed by atoms with Crippen molar-refractivity contribution in [1.29, 1.82) is 0 Å². The van der Waals surface area contributed by atoms with Crippen molar-refractivity contribution < 1.29 is 9.59 Å². The average molecular weight is 286 g/mol. The number of carbonyl (C=O) groups is 2. The molecule has 0 N–H and O–H groups in total. The first kappa shape index (κ1) is 14.1. The van der Waals surface area contributed by atoms with E-state index in [1.807, 2.05) is 35.8 Å². The predicted octanol–water partition coefficient (Wildman–Crippen LogP) is 2.00. The van der Waals surface area contributed by atoms with Crippen molar-refractivity contribution in [3.63, 3.8) is 0 Å². The van der Waals surface area contributed by atoms with Gasteiger partial charge in [0.2, 0.25) is 5.91 Å². The molecule has 3 rings (SSSR count). The minimum Gasteiger partial charge on any atom is -0.339 e. The SMILES string of the molecule is Cc1cc(C)cc(C(=O)N2CCN(C(=O)C3CC3)CC2)c1. The summed E-state index contributed by atoms with van der Waals surface area (Å²) in [6.45, 7) is 6.65. The molecule has 1 aliphatic heterocycles. The van der Waals surface area contributed by atoms with Crippen LogP contribution < -0.4 is 0 Å². The molecule has 0 atom stereocenters. The van der Waals surface area contributed by atoms with Gasteiger partial charge in [-0.1, -0.05) is 17.2 Å². The van der Waals surface area contributed by atoms with Gasteiger partial charge in [0.25, 0.3) is 5.91 Å². The molecule has 4 heteroatoms. The number of benzene rings is 1.